The lowest BCUT2D eigenvalue weighted by molar-refractivity contribution is -0.383. The third kappa shape index (κ3) is 4.81. The fourth-order valence-electron chi connectivity index (χ4n) is 3.30. The summed E-state index contributed by atoms with van der Waals surface area (Å²) in [5.41, 5.74) is 1.55. The molecule has 0 radical (unpaired) electrons. The van der Waals surface area contributed by atoms with Crippen molar-refractivity contribution in [3.05, 3.63) is 44.7 Å². The minimum atomic E-state index is -0.475. The monoisotopic (exact) mass is 463 g/mol. The molecule has 1 N–H and O–H groups in total. The van der Waals surface area contributed by atoms with Gasteiger partial charge >= 0.3 is 11.7 Å². The number of carbonyl (C=O) groups is 1. The molecule has 0 bridgehead atoms. The summed E-state index contributed by atoms with van der Waals surface area (Å²) in [5.74, 6) is -0.0285. The summed E-state index contributed by atoms with van der Waals surface area (Å²) in [7, 11) is 0. The van der Waals surface area contributed by atoms with Gasteiger partial charge in [-0.15, -0.1) is 0 Å². The topological polar surface area (TPSA) is 110 Å². The van der Waals surface area contributed by atoms with Gasteiger partial charge in [-0.2, -0.15) is 0 Å². The van der Waals surface area contributed by atoms with Crippen molar-refractivity contribution in [3.63, 3.8) is 0 Å². The van der Waals surface area contributed by atoms with Crippen molar-refractivity contribution in [2.75, 3.05) is 29.9 Å². The number of carbonyl (C=O) groups excluding carboxylic acids is 1. The molecular weight excluding hydrogens is 442 g/mol. The van der Waals surface area contributed by atoms with E-state index in [2.05, 4.69) is 31.2 Å². The summed E-state index contributed by atoms with van der Waals surface area (Å²) in [5, 5.41) is 14.9. The Morgan fingerprint density at radius 3 is 2.72 bits per heavy atom. The Labute approximate surface area is 176 Å². The number of aryl methyl sites for hydroxylation is 1. The lowest BCUT2D eigenvalue weighted by atomic mass is 9.97. The SMILES string of the molecule is CCOC(=O)C1CCN(c2ncnc(Nc3ccc(C)cc3Br)c2[N+](=O)[O-])CC1. The van der Waals surface area contributed by atoms with Gasteiger partial charge in [0.2, 0.25) is 11.6 Å². The number of hydrogen-bond acceptors (Lipinski definition) is 8. The van der Waals surface area contributed by atoms with Crippen LogP contribution in [-0.4, -0.2) is 40.6 Å². The molecule has 0 saturated carbocycles. The summed E-state index contributed by atoms with van der Waals surface area (Å²) in [4.78, 5) is 33.4. The van der Waals surface area contributed by atoms with E-state index in [1.807, 2.05) is 30.0 Å². The van der Waals surface area contributed by atoms with E-state index in [1.165, 1.54) is 6.33 Å². The maximum Gasteiger partial charge on any atom is 0.353 e. The lowest BCUT2D eigenvalue weighted by Gasteiger charge is -2.31. The number of benzene rings is 1. The Morgan fingerprint density at radius 2 is 2.10 bits per heavy atom. The van der Waals surface area contributed by atoms with Crippen molar-refractivity contribution in [2.24, 2.45) is 5.92 Å². The third-order valence-corrected chi connectivity index (χ3v) is 5.43. The van der Waals surface area contributed by atoms with Crippen molar-refractivity contribution in [2.45, 2.75) is 26.7 Å². The Kier molecular flexibility index (Phi) is 6.63. The number of nitrogens with one attached hydrogen (secondary N) is 1. The number of piperidine rings is 1. The molecule has 1 fully saturated rings. The minimum Gasteiger partial charge on any atom is -0.466 e. The van der Waals surface area contributed by atoms with Crippen molar-refractivity contribution >= 4 is 44.9 Å². The Balaban J connectivity index is 1.84. The zero-order chi connectivity index (χ0) is 21.0. The van der Waals surface area contributed by atoms with Gasteiger partial charge in [-0.05, 0) is 60.3 Å². The van der Waals surface area contributed by atoms with Crippen LogP contribution >= 0.6 is 15.9 Å². The molecule has 2 heterocycles. The highest BCUT2D eigenvalue weighted by atomic mass is 79.9. The summed E-state index contributed by atoms with van der Waals surface area (Å²) >= 11 is 3.46. The molecular formula is C19H22BrN5O4. The van der Waals surface area contributed by atoms with Crippen LogP contribution in [0.3, 0.4) is 0 Å². The number of rotatable bonds is 6. The zero-order valence-corrected chi connectivity index (χ0v) is 17.8. The third-order valence-electron chi connectivity index (χ3n) is 4.78. The van der Waals surface area contributed by atoms with Crippen molar-refractivity contribution in [3.8, 4) is 0 Å². The molecule has 0 spiro atoms. The van der Waals surface area contributed by atoms with Crippen LogP contribution in [0.5, 0.6) is 0 Å². The fraction of sp³-hybridized carbons (Fsp3) is 0.421. The van der Waals surface area contributed by atoms with Gasteiger partial charge in [0, 0.05) is 17.6 Å². The fourth-order valence-corrected chi connectivity index (χ4v) is 3.89. The van der Waals surface area contributed by atoms with Gasteiger partial charge in [0.15, 0.2) is 0 Å². The summed E-state index contributed by atoms with van der Waals surface area (Å²) in [6, 6.07) is 5.65. The van der Waals surface area contributed by atoms with Crippen LogP contribution in [0.15, 0.2) is 29.0 Å². The lowest BCUT2D eigenvalue weighted by Crippen LogP contribution is -2.37. The molecule has 2 aromatic rings. The van der Waals surface area contributed by atoms with E-state index in [-0.39, 0.29) is 29.2 Å². The molecule has 0 amide bonds. The van der Waals surface area contributed by atoms with E-state index >= 15 is 0 Å². The second-order valence-electron chi connectivity index (χ2n) is 6.77. The van der Waals surface area contributed by atoms with Gasteiger partial charge < -0.3 is 15.0 Å². The van der Waals surface area contributed by atoms with Gasteiger partial charge in [-0.25, -0.2) is 9.97 Å². The van der Waals surface area contributed by atoms with Crippen LogP contribution in [0.25, 0.3) is 0 Å². The molecule has 3 rings (SSSR count). The van der Waals surface area contributed by atoms with Gasteiger partial charge in [0.25, 0.3) is 0 Å². The van der Waals surface area contributed by atoms with Gasteiger partial charge in [-0.3, -0.25) is 14.9 Å². The number of ether oxygens (including phenoxy) is 1. The second kappa shape index (κ2) is 9.17. The first-order valence-corrected chi connectivity index (χ1v) is 10.1. The first-order chi connectivity index (χ1) is 13.9. The van der Waals surface area contributed by atoms with E-state index in [9.17, 15) is 14.9 Å². The van der Waals surface area contributed by atoms with Crippen LogP contribution in [0.4, 0.5) is 23.0 Å². The molecule has 1 aromatic heterocycles. The second-order valence-corrected chi connectivity index (χ2v) is 7.63. The average molecular weight is 464 g/mol. The highest BCUT2D eigenvalue weighted by Gasteiger charge is 2.32. The molecule has 0 atom stereocenters. The molecule has 1 aliphatic heterocycles. The minimum absolute atomic E-state index is 0.122. The molecule has 154 valence electrons. The maximum atomic E-state index is 11.9. The van der Waals surface area contributed by atoms with Crippen LogP contribution in [0, 0.1) is 23.0 Å². The number of halogens is 1. The first-order valence-electron chi connectivity index (χ1n) is 9.34. The molecule has 0 aliphatic carbocycles. The molecule has 29 heavy (non-hydrogen) atoms. The van der Waals surface area contributed by atoms with E-state index < -0.39 is 4.92 Å². The highest BCUT2D eigenvalue weighted by molar-refractivity contribution is 9.10. The van der Waals surface area contributed by atoms with Crippen LogP contribution in [-0.2, 0) is 9.53 Å². The average Bonchev–Trinajstić information content (AvgIpc) is 2.70. The zero-order valence-electron chi connectivity index (χ0n) is 16.2. The molecule has 1 aromatic carbocycles. The van der Waals surface area contributed by atoms with Crippen LogP contribution in [0.1, 0.15) is 25.3 Å². The molecule has 1 saturated heterocycles. The van der Waals surface area contributed by atoms with Gasteiger partial charge in [-0.1, -0.05) is 6.07 Å². The largest absolute Gasteiger partial charge is 0.466 e. The van der Waals surface area contributed by atoms with E-state index in [0.717, 1.165) is 10.0 Å². The van der Waals surface area contributed by atoms with E-state index in [1.54, 1.807) is 6.92 Å². The number of nitro groups is 1. The highest BCUT2D eigenvalue weighted by Crippen LogP contribution is 2.37. The molecule has 9 nitrogen and oxygen atoms in total. The van der Waals surface area contributed by atoms with Gasteiger partial charge in [0.05, 0.1) is 23.1 Å². The summed E-state index contributed by atoms with van der Waals surface area (Å²) < 4.78 is 5.86. The van der Waals surface area contributed by atoms with Crippen molar-refractivity contribution in [1.29, 1.82) is 0 Å². The summed E-state index contributed by atoms with van der Waals surface area (Å²) in [6.45, 7) is 5.04. The number of anilines is 3. The molecule has 1 aliphatic rings. The predicted octanol–water partition coefficient (Wildman–Crippen LogP) is 3.98. The molecule has 10 heteroatoms. The Hall–Kier alpha value is -2.75. The Bertz CT molecular complexity index is 915. The number of nitrogens with zero attached hydrogens (tertiary/aromatic N) is 4. The van der Waals surface area contributed by atoms with E-state index in [4.69, 9.17) is 4.74 Å². The summed E-state index contributed by atoms with van der Waals surface area (Å²) in [6.07, 6.45) is 2.43. The number of hydrogen-bond donors (Lipinski definition) is 1. The van der Waals surface area contributed by atoms with Crippen LogP contribution in [0.2, 0.25) is 0 Å². The normalized spacial score (nSPS) is 14.5. The molecule has 0 unspecified atom stereocenters. The standard InChI is InChI=1S/C19H22BrN5O4/c1-3-29-19(26)13-6-8-24(9-7-13)18-16(25(27)28)17(21-11-22-18)23-15-5-4-12(2)10-14(15)20/h4-5,10-11,13H,3,6-9H2,1-2H3,(H,21,22,23). The van der Waals surface area contributed by atoms with Crippen molar-refractivity contribution < 1.29 is 14.5 Å². The quantitative estimate of drug-likeness (QED) is 0.388. The first kappa shape index (κ1) is 21.0. The van der Waals surface area contributed by atoms with E-state index in [0.29, 0.717) is 38.2 Å². The van der Waals surface area contributed by atoms with Crippen LogP contribution < -0.4 is 10.2 Å². The number of aromatic nitrogens is 2. The van der Waals surface area contributed by atoms with Gasteiger partial charge in [0.1, 0.15) is 6.33 Å². The van der Waals surface area contributed by atoms with Crippen molar-refractivity contribution in [1.82, 2.24) is 9.97 Å². The smallest absolute Gasteiger partial charge is 0.353 e. The number of esters is 1. The Morgan fingerprint density at radius 1 is 1.38 bits per heavy atom. The maximum absolute atomic E-state index is 11.9. The predicted molar refractivity (Wildman–Crippen MR) is 112 cm³/mol.